The largest absolute Gasteiger partial charge is 0.394 e. The number of fused-ring (bicyclic) bond motifs is 10. The van der Waals surface area contributed by atoms with Crippen LogP contribution in [0.5, 0.6) is 0 Å². The number of hydrogen-bond donors (Lipinski definition) is 3. The smallest absolute Gasteiger partial charge is 0.262 e. The van der Waals surface area contributed by atoms with Gasteiger partial charge in [0.1, 0.15) is 17.9 Å². The van der Waals surface area contributed by atoms with Crippen LogP contribution >= 0.6 is 11.6 Å². The molecule has 7 rings (SSSR count). The summed E-state index contributed by atoms with van der Waals surface area (Å²) in [4.78, 5) is 35.3. The highest BCUT2D eigenvalue weighted by atomic mass is 35.5. The Morgan fingerprint density at radius 2 is 1.64 bits per heavy atom. The Bertz CT molecular complexity index is 2050. The number of likely N-dealkylation sites (N-methyl/N-ethyl adjacent to an activating group) is 1. The van der Waals surface area contributed by atoms with Gasteiger partial charge in [-0.15, -0.1) is 0 Å². The number of aromatic nitrogens is 2. The predicted octanol–water partition coefficient (Wildman–Crippen LogP) is 5.64. The third-order valence-electron chi connectivity index (χ3n) is 9.37. The fourth-order valence-corrected chi connectivity index (χ4v) is 7.58. The van der Waals surface area contributed by atoms with Gasteiger partial charge in [0.25, 0.3) is 11.8 Å². The highest BCUT2D eigenvalue weighted by Crippen LogP contribution is 2.49. The number of nitrogens with zero attached hydrogens (tertiary/aromatic N) is 3. The molecule has 3 N–H and O–H groups in total. The molecule has 0 aliphatic carbocycles. The molecule has 1 fully saturated rings. The van der Waals surface area contributed by atoms with Crippen LogP contribution in [0.2, 0.25) is 5.02 Å². The number of carbonyl (C=O) groups excluding carboxylic acids is 2. The van der Waals surface area contributed by atoms with Gasteiger partial charge in [-0.05, 0) is 49.8 Å². The number of nitrogens with one attached hydrogen (secondary N) is 1. The molecule has 3 aromatic carbocycles. The first kappa shape index (κ1) is 30.1. The summed E-state index contributed by atoms with van der Waals surface area (Å²) in [5.74, 6) is -2.18. The van der Waals surface area contributed by atoms with Gasteiger partial charge in [-0.2, -0.15) is 0 Å². The maximum atomic E-state index is 15.1. The molecule has 9 nitrogen and oxygen atoms in total. The second-order valence-electron chi connectivity index (χ2n) is 12.0. The van der Waals surface area contributed by atoms with Crippen molar-refractivity contribution in [2.75, 3.05) is 32.8 Å². The van der Waals surface area contributed by atoms with Crippen molar-refractivity contribution in [3.8, 4) is 0 Å². The fourth-order valence-electron chi connectivity index (χ4n) is 7.29. The molecule has 45 heavy (non-hydrogen) atoms. The number of aliphatic hydroxyl groups excluding tert-OH is 2. The van der Waals surface area contributed by atoms with Crippen LogP contribution in [0.3, 0.4) is 0 Å². The summed E-state index contributed by atoms with van der Waals surface area (Å²) < 4.78 is 38.0. The van der Waals surface area contributed by atoms with Crippen molar-refractivity contribution < 1.29 is 33.3 Å². The van der Waals surface area contributed by atoms with E-state index in [1.165, 1.54) is 23.1 Å². The molecule has 12 heteroatoms. The molecule has 0 radical (unpaired) electrons. The predicted molar refractivity (Wildman–Crippen MR) is 168 cm³/mol. The molecule has 2 aromatic heterocycles. The summed E-state index contributed by atoms with van der Waals surface area (Å²) in [5.41, 5.74) is 2.56. The maximum Gasteiger partial charge on any atom is 0.262 e. The van der Waals surface area contributed by atoms with Crippen molar-refractivity contribution in [1.82, 2.24) is 19.4 Å². The molecule has 5 aromatic rings. The quantitative estimate of drug-likeness (QED) is 0.199. The van der Waals surface area contributed by atoms with Gasteiger partial charge in [-0.3, -0.25) is 14.5 Å². The Kier molecular flexibility index (Phi) is 7.37. The van der Waals surface area contributed by atoms with Crippen LogP contribution in [-0.2, 0) is 4.74 Å². The Hall–Kier alpha value is -3.61. The van der Waals surface area contributed by atoms with E-state index in [1.54, 1.807) is 11.5 Å². The number of halogens is 3. The van der Waals surface area contributed by atoms with Crippen LogP contribution < -0.4 is 0 Å². The number of imide groups is 1. The Morgan fingerprint density at radius 1 is 0.978 bits per heavy atom. The molecule has 0 saturated carbocycles. The first-order valence-corrected chi connectivity index (χ1v) is 15.6. The second kappa shape index (κ2) is 11.0. The number of amides is 2. The number of hydrogen-bond acceptors (Lipinski definition) is 6. The van der Waals surface area contributed by atoms with E-state index in [-0.39, 0.29) is 42.1 Å². The molecule has 2 amide bonds. The lowest BCUT2D eigenvalue weighted by molar-refractivity contribution is -0.138. The van der Waals surface area contributed by atoms with E-state index in [2.05, 4.69) is 9.88 Å². The standard InChI is InChI=1S/C33H33ClF2N4O5/c1-4-38(5-2)6-7-39-32(43)26-24-20-9-16(35)8-15(3)28(20)37-29(24)31-25(27(26)33(39)44)21-10-17(36)11-22(34)30(21)40(31)23-13-18(42)12-19(14-41)45-23/h8-11,18-19,23,37,41-42H,4-7,12-14H2,1-3H3. The third kappa shape index (κ3) is 4.47. The molecule has 236 valence electrons. The van der Waals surface area contributed by atoms with E-state index in [9.17, 15) is 24.2 Å². The number of ether oxygens (including phenoxy) is 1. The van der Waals surface area contributed by atoms with Gasteiger partial charge in [-0.25, -0.2) is 8.78 Å². The minimum absolute atomic E-state index is 0.0424. The first-order chi connectivity index (χ1) is 21.6. The lowest BCUT2D eigenvalue weighted by Crippen LogP contribution is -2.38. The van der Waals surface area contributed by atoms with Crippen LogP contribution in [-0.4, -0.2) is 86.4 Å². The highest BCUT2D eigenvalue weighted by Gasteiger charge is 2.43. The molecule has 4 heterocycles. The van der Waals surface area contributed by atoms with E-state index in [1.807, 2.05) is 13.8 Å². The van der Waals surface area contributed by atoms with Crippen molar-refractivity contribution in [2.24, 2.45) is 0 Å². The van der Waals surface area contributed by atoms with Gasteiger partial charge in [0, 0.05) is 53.0 Å². The number of benzene rings is 3. The maximum absolute atomic E-state index is 15.1. The Labute approximate surface area is 261 Å². The number of H-pyrrole nitrogens is 1. The molecule has 3 atom stereocenters. The van der Waals surface area contributed by atoms with Crippen molar-refractivity contribution in [2.45, 2.75) is 52.0 Å². The zero-order valence-electron chi connectivity index (χ0n) is 25.1. The topological polar surface area (TPSA) is 111 Å². The van der Waals surface area contributed by atoms with E-state index in [0.29, 0.717) is 55.7 Å². The zero-order chi connectivity index (χ0) is 31.9. The molecular formula is C33H33ClF2N4O5. The van der Waals surface area contributed by atoms with Gasteiger partial charge in [0.05, 0.1) is 51.5 Å². The number of aromatic amines is 1. The molecule has 3 unspecified atom stereocenters. The average Bonchev–Trinajstić information content (AvgIpc) is 3.62. The van der Waals surface area contributed by atoms with Crippen molar-refractivity contribution in [3.05, 3.63) is 57.6 Å². The van der Waals surface area contributed by atoms with Crippen LogP contribution in [0.1, 0.15) is 59.2 Å². The minimum Gasteiger partial charge on any atom is -0.394 e. The SMILES string of the molecule is CCN(CC)CCN1C(=O)c2c(c3c4cc(F)cc(Cl)c4n(C4CC(O)CC(CO)O4)c3c3[nH]c4c(C)cc(F)cc4c23)C1=O. The van der Waals surface area contributed by atoms with Crippen LogP contribution in [0.25, 0.3) is 43.6 Å². The third-order valence-corrected chi connectivity index (χ3v) is 9.66. The Morgan fingerprint density at radius 3 is 2.33 bits per heavy atom. The lowest BCUT2D eigenvalue weighted by Gasteiger charge is -2.34. The number of carbonyl (C=O) groups is 2. The monoisotopic (exact) mass is 638 g/mol. The number of rotatable bonds is 7. The normalized spacial score (nSPS) is 20.6. The van der Waals surface area contributed by atoms with Crippen molar-refractivity contribution >= 4 is 67.0 Å². The number of aliphatic hydroxyl groups is 2. The van der Waals surface area contributed by atoms with E-state index >= 15 is 4.39 Å². The summed E-state index contributed by atoms with van der Waals surface area (Å²) >= 11 is 6.75. The van der Waals surface area contributed by atoms with Gasteiger partial charge in [0.15, 0.2) is 0 Å². The van der Waals surface area contributed by atoms with Gasteiger partial charge >= 0.3 is 0 Å². The second-order valence-corrected chi connectivity index (χ2v) is 12.4. The summed E-state index contributed by atoms with van der Waals surface area (Å²) in [5, 5.41) is 22.2. The Balaban J connectivity index is 1.64. The van der Waals surface area contributed by atoms with Crippen LogP contribution in [0, 0.1) is 18.6 Å². The molecule has 0 bridgehead atoms. The first-order valence-electron chi connectivity index (χ1n) is 15.2. The van der Waals surface area contributed by atoms with Crippen molar-refractivity contribution in [1.29, 1.82) is 0 Å². The molecular weight excluding hydrogens is 606 g/mol. The van der Waals surface area contributed by atoms with Crippen molar-refractivity contribution in [3.63, 3.8) is 0 Å². The van der Waals surface area contributed by atoms with Gasteiger partial charge in [-0.1, -0.05) is 25.4 Å². The van der Waals surface area contributed by atoms with E-state index in [0.717, 1.165) is 19.2 Å². The zero-order valence-corrected chi connectivity index (χ0v) is 25.8. The summed E-state index contributed by atoms with van der Waals surface area (Å²) in [6.07, 6.45) is -2.04. The minimum atomic E-state index is -0.870. The van der Waals surface area contributed by atoms with Gasteiger partial charge in [0.2, 0.25) is 0 Å². The highest BCUT2D eigenvalue weighted by molar-refractivity contribution is 6.42. The van der Waals surface area contributed by atoms with E-state index < -0.39 is 41.9 Å². The van der Waals surface area contributed by atoms with Crippen LogP contribution in [0.4, 0.5) is 8.78 Å². The molecule has 2 aliphatic rings. The molecule has 1 saturated heterocycles. The lowest BCUT2D eigenvalue weighted by atomic mass is 9.96. The fraction of sp³-hybridized carbons (Fsp3) is 0.394. The number of aryl methyl sites for hydroxylation is 1. The molecule has 0 spiro atoms. The summed E-state index contributed by atoms with van der Waals surface area (Å²) in [7, 11) is 0. The average molecular weight is 639 g/mol. The van der Waals surface area contributed by atoms with Crippen LogP contribution in [0.15, 0.2) is 24.3 Å². The van der Waals surface area contributed by atoms with E-state index in [4.69, 9.17) is 16.3 Å². The summed E-state index contributed by atoms with van der Waals surface area (Å²) in [6.45, 7) is 7.49. The summed E-state index contributed by atoms with van der Waals surface area (Å²) in [6, 6.07) is 5.16. The molecule has 2 aliphatic heterocycles. The van der Waals surface area contributed by atoms with Gasteiger partial charge < -0.3 is 29.4 Å².